The monoisotopic (exact) mass is 415 g/mol. The van der Waals surface area contributed by atoms with Crippen LogP contribution < -0.4 is 5.32 Å². The number of carbonyl (C=O) groups excluding carboxylic acids is 1. The van der Waals surface area contributed by atoms with Crippen LogP contribution >= 0.6 is 0 Å². The van der Waals surface area contributed by atoms with Crippen molar-refractivity contribution in [1.82, 2.24) is 9.88 Å². The number of aliphatic hydroxyl groups excluding tert-OH is 1. The minimum absolute atomic E-state index is 0.109. The van der Waals surface area contributed by atoms with Crippen molar-refractivity contribution in [1.29, 1.82) is 0 Å². The molecule has 1 fully saturated rings. The van der Waals surface area contributed by atoms with E-state index in [0.717, 1.165) is 31.4 Å². The summed E-state index contributed by atoms with van der Waals surface area (Å²) in [7, 11) is 1.77. The van der Waals surface area contributed by atoms with Crippen molar-refractivity contribution in [2.75, 3.05) is 12.4 Å². The maximum atomic E-state index is 12.9. The molecule has 1 aromatic heterocycles. The predicted molar refractivity (Wildman–Crippen MR) is 123 cm³/mol. The van der Waals surface area contributed by atoms with Gasteiger partial charge >= 0.3 is 0 Å². The molecule has 1 aliphatic carbocycles. The van der Waals surface area contributed by atoms with Crippen molar-refractivity contribution in [3.8, 4) is 0 Å². The fraction of sp³-hybridized carbons (Fsp3) is 0.308. The summed E-state index contributed by atoms with van der Waals surface area (Å²) in [5.74, 6) is -0.109. The van der Waals surface area contributed by atoms with E-state index in [2.05, 4.69) is 46.7 Å². The van der Waals surface area contributed by atoms with Gasteiger partial charge in [-0.2, -0.15) is 0 Å². The molecule has 0 spiro atoms. The third-order valence-electron chi connectivity index (χ3n) is 6.14. The van der Waals surface area contributed by atoms with E-state index >= 15 is 0 Å². The number of anilines is 1. The third-order valence-corrected chi connectivity index (χ3v) is 6.14. The molecule has 0 bridgehead atoms. The number of hydrogen-bond acceptors (Lipinski definition) is 4. The molecule has 1 aliphatic rings. The van der Waals surface area contributed by atoms with Crippen molar-refractivity contribution in [3.05, 3.63) is 95.8 Å². The van der Waals surface area contributed by atoms with E-state index in [4.69, 9.17) is 0 Å². The van der Waals surface area contributed by atoms with Gasteiger partial charge < -0.3 is 15.3 Å². The van der Waals surface area contributed by atoms with Crippen LogP contribution in [-0.2, 0) is 6.42 Å². The molecule has 5 nitrogen and oxygen atoms in total. The number of aliphatic hydroxyl groups is 1. The lowest BCUT2D eigenvalue weighted by Gasteiger charge is -2.40. The second-order valence-corrected chi connectivity index (χ2v) is 8.22. The van der Waals surface area contributed by atoms with Crippen LogP contribution in [0.4, 0.5) is 5.69 Å². The van der Waals surface area contributed by atoms with Crippen molar-refractivity contribution in [3.63, 3.8) is 0 Å². The maximum absolute atomic E-state index is 12.9. The Kier molecular flexibility index (Phi) is 6.63. The molecule has 3 atom stereocenters. The first kappa shape index (κ1) is 21.1. The fourth-order valence-electron chi connectivity index (χ4n) is 4.41. The van der Waals surface area contributed by atoms with Crippen LogP contribution in [0.2, 0.25) is 0 Å². The molecule has 0 saturated heterocycles. The lowest BCUT2D eigenvalue weighted by atomic mass is 9.86. The topological polar surface area (TPSA) is 65.5 Å². The Morgan fingerprint density at radius 1 is 1.06 bits per heavy atom. The number of hydrogen-bond donors (Lipinski definition) is 2. The van der Waals surface area contributed by atoms with Crippen LogP contribution in [-0.4, -0.2) is 46.1 Å². The standard InChI is InChI=1S/C26H29N3O2/c1-29(26(31)21-12-8-16-27-18-21)24-15-7-14-23(25(24)30)28-22-13-6-5-11-20(22)17-19-9-3-2-4-10-19/h2-6,8-13,16,18,23-25,28,30H,7,14-15,17H2,1H3/t23-,24-,25+/m1/s1. The van der Waals surface area contributed by atoms with Crippen molar-refractivity contribution >= 4 is 11.6 Å². The average molecular weight is 416 g/mol. The van der Waals surface area contributed by atoms with E-state index in [1.807, 2.05) is 18.2 Å². The molecule has 2 aromatic carbocycles. The first-order valence-corrected chi connectivity index (χ1v) is 10.9. The van der Waals surface area contributed by atoms with Gasteiger partial charge in [-0.15, -0.1) is 0 Å². The lowest BCUT2D eigenvalue weighted by molar-refractivity contribution is 0.0208. The Balaban J connectivity index is 1.48. The lowest BCUT2D eigenvalue weighted by Crippen LogP contribution is -2.54. The molecule has 31 heavy (non-hydrogen) atoms. The summed E-state index contributed by atoms with van der Waals surface area (Å²) in [5.41, 5.74) is 4.03. The number of rotatable bonds is 6. The molecule has 3 aromatic rings. The Hall–Kier alpha value is -3.18. The summed E-state index contributed by atoms with van der Waals surface area (Å²) in [6.45, 7) is 0. The number of aromatic nitrogens is 1. The SMILES string of the molecule is CN(C(=O)c1cccnc1)[C@@H]1CCC[C@@H](Nc2ccccc2Cc2ccccc2)[C@@H]1O. The zero-order valence-electron chi connectivity index (χ0n) is 17.8. The molecule has 0 unspecified atom stereocenters. The largest absolute Gasteiger partial charge is 0.389 e. The molecule has 160 valence electrons. The molecule has 1 heterocycles. The molecule has 1 amide bonds. The zero-order chi connectivity index (χ0) is 21.6. The smallest absolute Gasteiger partial charge is 0.255 e. The predicted octanol–water partition coefficient (Wildman–Crippen LogP) is 4.14. The highest BCUT2D eigenvalue weighted by Crippen LogP contribution is 2.28. The quantitative estimate of drug-likeness (QED) is 0.635. The fourth-order valence-corrected chi connectivity index (χ4v) is 4.41. The number of para-hydroxylation sites is 1. The second-order valence-electron chi connectivity index (χ2n) is 8.22. The second kappa shape index (κ2) is 9.75. The minimum Gasteiger partial charge on any atom is -0.389 e. The van der Waals surface area contributed by atoms with E-state index in [-0.39, 0.29) is 18.0 Å². The molecule has 5 heteroatoms. The van der Waals surface area contributed by atoms with Gasteiger partial charge in [0, 0.05) is 25.1 Å². The highest BCUT2D eigenvalue weighted by Gasteiger charge is 2.36. The molecular formula is C26H29N3O2. The van der Waals surface area contributed by atoms with Gasteiger partial charge in [0.15, 0.2) is 0 Å². The van der Waals surface area contributed by atoms with Crippen molar-refractivity contribution < 1.29 is 9.90 Å². The van der Waals surface area contributed by atoms with Crippen molar-refractivity contribution in [2.45, 2.75) is 43.9 Å². The van der Waals surface area contributed by atoms with Crippen molar-refractivity contribution in [2.24, 2.45) is 0 Å². The highest BCUT2D eigenvalue weighted by atomic mass is 16.3. The molecule has 4 rings (SSSR count). The molecule has 1 saturated carbocycles. The Morgan fingerprint density at radius 2 is 1.84 bits per heavy atom. The van der Waals surface area contributed by atoms with Gasteiger partial charge in [0.2, 0.25) is 0 Å². The number of pyridine rings is 1. The summed E-state index contributed by atoms with van der Waals surface area (Å²) in [6, 6.07) is 21.8. The van der Waals surface area contributed by atoms with Crippen LogP contribution in [0, 0.1) is 0 Å². The van der Waals surface area contributed by atoms with Gasteiger partial charge in [0.1, 0.15) is 0 Å². The van der Waals surface area contributed by atoms with E-state index in [9.17, 15) is 9.90 Å². The molecule has 0 radical (unpaired) electrons. The van der Waals surface area contributed by atoms with Gasteiger partial charge in [-0.1, -0.05) is 48.5 Å². The van der Waals surface area contributed by atoms with Crippen LogP contribution in [0.1, 0.15) is 40.7 Å². The summed E-state index contributed by atoms with van der Waals surface area (Å²) < 4.78 is 0. The summed E-state index contributed by atoms with van der Waals surface area (Å²) in [6.07, 6.45) is 6.01. The Bertz CT molecular complexity index is 994. The number of amides is 1. The number of likely N-dealkylation sites (N-methyl/N-ethyl adjacent to an activating group) is 1. The summed E-state index contributed by atoms with van der Waals surface area (Å²) in [5, 5.41) is 14.7. The van der Waals surface area contributed by atoms with Gasteiger partial charge in [0.25, 0.3) is 5.91 Å². The Labute approximate surface area is 183 Å². The van der Waals surface area contributed by atoms with E-state index in [1.54, 1.807) is 36.5 Å². The first-order chi connectivity index (χ1) is 15.1. The highest BCUT2D eigenvalue weighted by molar-refractivity contribution is 5.94. The number of nitrogens with one attached hydrogen (secondary N) is 1. The van der Waals surface area contributed by atoms with Gasteiger partial charge in [-0.3, -0.25) is 9.78 Å². The van der Waals surface area contributed by atoms with Crippen LogP contribution in [0.25, 0.3) is 0 Å². The normalized spacial score (nSPS) is 20.8. The third kappa shape index (κ3) is 4.94. The number of benzene rings is 2. The van der Waals surface area contributed by atoms with Crippen LogP contribution in [0.15, 0.2) is 79.1 Å². The molecule has 0 aliphatic heterocycles. The number of carbonyl (C=O) groups is 1. The van der Waals surface area contributed by atoms with Gasteiger partial charge in [-0.25, -0.2) is 0 Å². The van der Waals surface area contributed by atoms with Crippen LogP contribution in [0.5, 0.6) is 0 Å². The summed E-state index contributed by atoms with van der Waals surface area (Å²) in [4.78, 5) is 18.6. The van der Waals surface area contributed by atoms with Crippen LogP contribution in [0.3, 0.4) is 0 Å². The first-order valence-electron chi connectivity index (χ1n) is 10.9. The Morgan fingerprint density at radius 3 is 2.61 bits per heavy atom. The van der Waals surface area contributed by atoms with Gasteiger partial charge in [0.05, 0.1) is 23.8 Å². The van der Waals surface area contributed by atoms with E-state index in [0.29, 0.717) is 5.56 Å². The summed E-state index contributed by atoms with van der Waals surface area (Å²) >= 11 is 0. The van der Waals surface area contributed by atoms with Gasteiger partial charge in [-0.05, 0) is 55.0 Å². The molecular weight excluding hydrogens is 386 g/mol. The maximum Gasteiger partial charge on any atom is 0.255 e. The van der Waals surface area contributed by atoms with E-state index in [1.165, 1.54) is 11.1 Å². The zero-order valence-corrected chi connectivity index (χ0v) is 17.8. The average Bonchev–Trinajstić information content (AvgIpc) is 2.82. The number of nitrogens with zero attached hydrogens (tertiary/aromatic N) is 2. The van der Waals surface area contributed by atoms with E-state index < -0.39 is 6.10 Å². The minimum atomic E-state index is -0.649. The molecule has 2 N–H and O–H groups in total.